The van der Waals surface area contributed by atoms with Crippen LogP contribution < -0.4 is 11.1 Å². The Hall–Kier alpha value is -1.29. The summed E-state index contributed by atoms with van der Waals surface area (Å²) >= 11 is 0. The number of amides is 1. The first-order valence-corrected chi connectivity index (χ1v) is 4.59. The molecule has 0 radical (unpaired) electrons. The van der Waals surface area contributed by atoms with Crippen LogP contribution in [0.4, 0.5) is 0 Å². The van der Waals surface area contributed by atoms with E-state index in [1.807, 2.05) is 27.0 Å². The number of allylic oxidation sites excluding steroid dienone is 4. The Labute approximate surface area is 85.5 Å². The second-order valence-electron chi connectivity index (χ2n) is 3.12. The molecule has 0 unspecified atom stereocenters. The summed E-state index contributed by atoms with van der Waals surface area (Å²) in [5.41, 5.74) is 7.09. The first-order valence-electron chi connectivity index (χ1n) is 4.59. The number of hydrogen-bond acceptors (Lipinski definition) is 3. The molecule has 14 heavy (non-hydrogen) atoms. The lowest BCUT2D eigenvalue weighted by Gasteiger charge is -2.17. The van der Waals surface area contributed by atoms with Gasteiger partial charge in [-0.05, 0) is 33.0 Å². The minimum atomic E-state index is 0.666. The minimum absolute atomic E-state index is 0.666. The van der Waals surface area contributed by atoms with Crippen molar-refractivity contribution in [1.82, 2.24) is 10.2 Å². The van der Waals surface area contributed by atoms with Gasteiger partial charge in [0.05, 0.1) is 0 Å². The van der Waals surface area contributed by atoms with Crippen molar-refractivity contribution in [2.24, 2.45) is 5.73 Å². The molecular weight excluding hydrogens is 178 g/mol. The summed E-state index contributed by atoms with van der Waals surface area (Å²) in [5.74, 6) is 0. The highest BCUT2D eigenvalue weighted by Crippen LogP contribution is 2.00. The number of carbonyl (C=O) groups excluding carboxylic acids is 1. The van der Waals surface area contributed by atoms with E-state index in [0.29, 0.717) is 6.54 Å². The highest BCUT2D eigenvalue weighted by molar-refractivity contribution is 5.51. The van der Waals surface area contributed by atoms with Crippen LogP contribution in [0.15, 0.2) is 23.5 Å². The Bertz CT molecular complexity index is 230. The standard InChI is InChI=1S/C10H19N3O/c1-9(11)4-5-10(2)13(8-14)7-6-12-3/h4-5,8,12H,6-7,11H2,1-3H3/b9-4-,10-5+. The summed E-state index contributed by atoms with van der Waals surface area (Å²) in [4.78, 5) is 12.3. The van der Waals surface area contributed by atoms with Gasteiger partial charge in [-0.1, -0.05) is 0 Å². The molecule has 0 saturated heterocycles. The van der Waals surface area contributed by atoms with Crippen molar-refractivity contribution in [3.8, 4) is 0 Å². The molecule has 4 heteroatoms. The van der Waals surface area contributed by atoms with Gasteiger partial charge >= 0.3 is 0 Å². The molecule has 4 nitrogen and oxygen atoms in total. The summed E-state index contributed by atoms with van der Waals surface area (Å²) in [6.07, 6.45) is 4.44. The Morgan fingerprint density at radius 1 is 1.43 bits per heavy atom. The average molecular weight is 197 g/mol. The molecule has 0 aliphatic heterocycles. The topological polar surface area (TPSA) is 58.4 Å². The largest absolute Gasteiger partial charge is 0.402 e. The van der Waals surface area contributed by atoms with Crippen LogP contribution in [-0.2, 0) is 4.79 Å². The maximum absolute atomic E-state index is 10.7. The van der Waals surface area contributed by atoms with Gasteiger partial charge in [0, 0.05) is 24.5 Å². The van der Waals surface area contributed by atoms with E-state index in [-0.39, 0.29) is 0 Å². The van der Waals surface area contributed by atoms with Crippen molar-refractivity contribution in [1.29, 1.82) is 0 Å². The molecule has 80 valence electrons. The SMILES string of the molecule is CNCCN(C=O)/C(C)=C/C=C(/C)N. The van der Waals surface area contributed by atoms with Crippen LogP contribution in [0.25, 0.3) is 0 Å². The fraction of sp³-hybridized carbons (Fsp3) is 0.500. The number of nitrogens with two attached hydrogens (primary N) is 1. The fourth-order valence-electron chi connectivity index (χ4n) is 0.892. The Morgan fingerprint density at radius 2 is 2.07 bits per heavy atom. The average Bonchev–Trinajstić information content (AvgIpc) is 2.16. The van der Waals surface area contributed by atoms with Crippen LogP contribution in [0.2, 0.25) is 0 Å². The molecule has 0 aromatic carbocycles. The molecule has 0 heterocycles. The second kappa shape index (κ2) is 7.15. The molecule has 0 bridgehead atoms. The van der Waals surface area contributed by atoms with E-state index in [0.717, 1.165) is 24.3 Å². The van der Waals surface area contributed by atoms with Crippen LogP contribution in [0.3, 0.4) is 0 Å². The lowest BCUT2D eigenvalue weighted by Crippen LogP contribution is -2.28. The molecule has 0 spiro atoms. The fourth-order valence-corrected chi connectivity index (χ4v) is 0.892. The van der Waals surface area contributed by atoms with Crippen molar-refractivity contribution in [3.63, 3.8) is 0 Å². The Morgan fingerprint density at radius 3 is 2.50 bits per heavy atom. The van der Waals surface area contributed by atoms with E-state index < -0.39 is 0 Å². The first kappa shape index (κ1) is 12.7. The molecule has 0 aromatic heterocycles. The maximum atomic E-state index is 10.7. The predicted molar refractivity (Wildman–Crippen MR) is 58.4 cm³/mol. The van der Waals surface area contributed by atoms with Crippen molar-refractivity contribution in [2.45, 2.75) is 13.8 Å². The van der Waals surface area contributed by atoms with Crippen LogP contribution in [0.5, 0.6) is 0 Å². The lowest BCUT2D eigenvalue weighted by molar-refractivity contribution is -0.116. The number of rotatable bonds is 6. The zero-order valence-corrected chi connectivity index (χ0v) is 9.08. The van der Waals surface area contributed by atoms with Crippen molar-refractivity contribution >= 4 is 6.41 Å². The number of nitrogens with zero attached hydrogens (tertiary/aromatic N) is 1. The molecule has 1 amide bonds. The third kappa shape index (κ3) is 5.37. The van der Waals surface area contributed by atoms with Gasteiger partial charge in [-0.15, -0.1) is 0 Å². The highest BCUT2D eigenvalue weighted by Gasteiger charge is 2.00. The summed E-state index contributed by atoms with van der Waals surface area (Å²) in [7, 11) is 1.85. The van der Waals surface area contributed by atoms with Crippen molar-refractivity contribution in [2.75, 3.05) is 20.1 Å². The quantitative estimate of drug-likeness (QED) is 0.479. The predicted octanol–water partition coefficient (Wildman–Crippen LogP) is 0.430. The zero-order valence-electron chi connectivity index (χ0n) is 9.08. The van der Waals surface area contributed by atoms with Gasteiger partial charge < -0.3 is 16.0 Å². The van der Waals surface area contributed by atoms with E-state index >= 15 is 0 Å². The van der Waals surface area contributed by atoms with Crippen LogP contribution in [-0.4, -0.2) is 31.4 Å². The summed E-state index contributed by atoms with van der Waals surface area (Å²) in [5, 5.41) is 2.98. The first-order chi connectivity index (χ1) is 6.61. The van der Waals surface area contributed by atoms with Crippen molar-refractivity contribution in [3.05, 3.63) is 23.5 Å². The summed E-state index contributed by atoms with van der Waals surface area (Å²) < 4.78 is 0. The number of hydrogen-bond donors (Lipinski definition) is 2. The molecule has 0 rings (SSSR count). The normalized spacial score (nSPS) is 12.8. The number of carbonyl (C=O) groups is 1. The lowest BCUT2D eigenvalue weighted by atomic mass is 10.3. The molecule has 3 N–H and O–H groups in total. The molecule has 0 aromatic rings. The van der Waals surface area contributed by atoms with Crippen molar-refractivity contribution < 1.29 is 4.79 Å². The van der Waals surface area contributed by atoms with E-state index in [1.54, 1.807) is 11.0 Å². The third-order valence-corrected chi connectivity index (χ3v) is 1.77. The van der Waals surface area contributed by atoms with Crippen LogP contribution >= 0.6 is 0 Å². The third-order valence-electron chi connectivity index (χ3n) is 1.77. The van der Waals surface area contributed by atoms with Gasteiger partial charge in [-0.3, -0.25) is 4.79 Å². The van der Waals surface area contributed by atoms with Gasteiger partial charge in [-0.25, -0.2) is 0 Å². The Balaban J connectivity index is 4.29. The highest BCUT2D eigenvalue weighted by atomic mass is 16.1. The van der Waals surface area contributed by atoms with Crippen LogP contribution in [0, 0.1) is 0 Å². The molecular formula is C10H19N3O. The minimum Gasteiger partial charge on any atom is -0.402 e. The van der Waals surface area contributed by atoms with Gasteiger partial charge in [-0.2, -0.15) is 0 Å². The van der Waals surface area contributed by atoms with Gasteiger partial charge in [0.1, 0.15) is 0 Å². The van der Waals surface area contributed by atoms with E-state index in [4.69, 9.17) is 5.73 Å². The van der Waals surface area contributed by atoms with Crippen LogP contribution in [0.1, 0.15) is 13.8 Å². The molecule has 0 aliphatic rings. The smallest absolute Gasteiger partial charge is 0.213 e. The van der Waals surface area contributed by atoms with E-state index in [1.165, 1.54) is 0 Å². The van der Waals surface area contributed by atoms with Gasteiger partial charge in [0.2, 0.25) is 6.41 Å². The molecule has 0 fully saturated rings. The molecule has 0 aliphatic carbocycles. The Kier molecular flexibility index (Phi) is 6.49. The molecule has 0 atom stereocenters. The van der Waals surface area contributed by atoms with Gasteiger partial charge in [0.25, 0.3) is 0 Å². The summed E-state index contributed by atoms with van der Waals surface area (Å²) in [6, 6.07) is 0. The zero-order chi connectivity index (χ0) is 11.0. The molecule has 0 saturated carbocycles. The number of nitrogens with one attached hydrogen (secondary N) is 1. The monoisotopic (exact) mass is 197 g/mol. The summed E-state index contributed by atoms with van der Waals surface area (Å²) in [6.45, 7) is 5.13. The maximum Gasteiger partial charge on any atom is 0.213 e. The second-order valence-corrected chi connectivity index (χ2v) is 3.12. The van der Waals surface area contributed by atoms with E-state index in [9.17, 15) is 4.79 Å². The van der Waals surface area contributed by atoms with Gasteiger partial charge in [0.15, 0.2) is 0 Å². The number of likely N-dealkylation sites (N-methyl/N-ethyl adjacent to an activating group) is 1. The van der Waals surface area contributed by atoms with E-state index in [2.05, 4.69) is 5.32 Å².